The summed E-state index contributed by atoms with van der Waals surface area (Å²) < 4.78 is 44.4. The van der Waals surface area contributed by atoms with Crippen molar-refractivity contribution in [3.05, 3.63) is 107 Å². The van der Waals surface area contributed by atoms with Gasteiger partial charge in [0.1, 0.15) is 6.04 Å². The molecule has 2 aliphatic heterocycles. The van der Waals surface area contributed by atoms with Gasteiger partial charge in [0, 0.05) is 24.0 Å². The van der Waals surface area contributed by atoms with Crippen LogP contribution in [0.4, 0.5) is 13.2 Å². The maximum atomic E-state index is 13.5. The van der Waals surface area contributed by atoms with Gasteiger partial charge in [-0.25, -0.2) is 4.79 Å². The number of halogens is 3. The summed E-state index contributed by atoms with van der Waals surface area (Å²) in [5.74, 6) is 0. The molecular formula is C23H18F3N6O+. The smallest absolute Gasteiger partial charge is 0.267 e. The number of pyridine rings is 1. The van der Waals surface area contributed by atoms with Crippen LogP contribution < -0.4 is 5.69 Å². The number of benzene rings is 1. The van der Waals surface area contributed by atoms with E-state index < -0.39 is 17.4 Å². The van der Waals surface area contributed by atoms with Gasteiger partial charge in [0.2, 0.25) is 6.04 Å². The number of alkyl halides is 3. The molecule has 0 saturated carbocycles. The number of hydrogen-bond acceptors (Lipinski definition) is 4. The number of aromatic nitrogens is 2. The highest BCUT2D eigenvalue weighted by molar-refractivity contribution is 5.56. The largest absolute Gasteiger partial charge is 0.418 e. The minimum Gasteiger partial charge on any atom is -0.267 e. The predicted molar refractivity (Wildman–Crippen MR) is 113 cm³/mol. The molecule has 1 aromatic carbocycles. The Morgan fingerprint density at radius 1 is 1.18 bits per heavy atom. The van der Waals surface area contributed by atoms with E-state index in [9.17, 15) is 18.0 Å². The third kappa shape index (κ3) is 3.81. The van der Waals surface area contributed by atoms with Crippen LogP contribution in [-0.4, -0.2) is 13.7 Å². The standard InChI is InChI=1S/C23H18F3N6O/c1-15-13-27-29-19(15)12-20(32-10-4-8-28-32)16-5-2-6-17(11-16)31-14-21-18(23(24,25)26)7-3-9-30(21)22(31)33/h2-11,13-14,20H,12H2,1H3/q+1. The molecule has 1 unspecified atom stereocenters. The van der Waals surface area contributed by atoms with Crippen LogP contribution in [0, 0.1) is 12.6 Å². The lowest BCUT2D eigenvalue weighted by Crippen LogP contribution is -2.19. The molecule has 0 amide bonds. The van der Waals surface area contributed by atoms with E-state index in [1.807, 2.05) is 25.3 Å². The summed E-state index contributed by atoms with van der Waals surface area (Å²) in [6.45, 7) is 3.60. The molecule has 0 fully saturated rings. The van der Waals surface area contributed by atoms with Crippen LogP contribution in [0.15, 0.2) is 93.0 Å². The number of rotatable bonds is 5. The molecule has 2 radical (unpaired) electrons. The van der Waals surface area contributed by atoms with E-state index in [-0.39, 0.29) is 11.6 Å². The molecule has 0 bridgehead atoms. The lowest BCUT2D eigenvalue weighted by molar-refractivity contribution is -0.567. The van der Waals surface area contributed by atoms with Gasteiger partial charge in [-0.1, -0.05) is 16.8 Å². The SMILES string of the molecule is CC1=CN=N[C]1CC(c1cccc(-n2cc3c(C(F)(F)F)cccn3c2=O)c1)[N+]1=N[CH]C=C1. The fourth-order valence-corrected chi connectivity index (χ4v) is 3.97. The molecule has 0 spiro atoms. The average molecular weight is 451 g/mol. The Balaban J connectivity index is 1.59. The average Bonchev–Trinajstić information content (AvgIpc) is 3.53. The third-order valence-electron chi connectivity index (χ3n) is 5.65. The van der Waals surface area contributed by atoms with Crippen LogP contribution >= 0.6 is 0 Å². The maximum absolute atomic E-state index is 13.5. The Labute approximate surface area is 186 Å². The van der Waals surface area contributed by atoms with Crippen LogP contribution in [0.25, 0.3) is 11.2 Å². The molecule has 0 aliphatic carbocycles. The topological polar surface area (TPSA) is 66.5 Å². The summed E-state index contributed by atoms with van der Waals surface area (Å²) in [5, 5.41) is 12.5. The Morgan fingerprint density at radius 3 is 2.73 bits per heavy atom. The Morgan fingerprint density at radius 2 is 2.03 bits per heavy atom. The van der Waals surface area contributed by atoms with E-state index in [1.54, 1.807) is 35.6 Å². The zero-order chi connectivity index (χ0) is 23.2. The lowest BCUT2D eigenvalue weighted by Gasteiger charge is -2.14. The second-order valence-corrected chi connectivity index (χ2v) is 7.73. The van der Waals surface area contributed by atoms with Crippen LogP contribution in [0.5, 0.6) is 0 Å². The van der Waals surface area contributed by atoms with Gasteiger partial charge < -0.3 is 0 Å². The summed E-state index contributed by atoms with van der Waals surface area (Å²) >= 11 is 0. The summed E-state index contributed by atoms with van der Waals surface area (Å²) in [6.07, 6.45) is 3.83. The van der Waals surface area contributed by atoms with E-state index >= 15 is 0 Å². The van der Waals surface area contributed by atoms with Gasteiger partial charge in [-0.05, 0) is 41.9 Å². The van der Waals surface area contributed by atoms with Crippen LogP contribution in [0.3, 0.4) is 0 Å². The molecule has 7 nitrogen and oxygen atoms in total. The molecule has 4 heterocycles. The lowest BCUT2D eigenvalue weighted by atomic mass is 9.96. The van der Waals surface area contributed by atoms with Gasteiger partial charge in [0.05, 0.1) is 29.4 Å². The zero-order valence-corrected chi connectivity index (χ0v) is 17.4. The van der Waals surface area contributed by atoms with E-state index in [2.05, 4.69) is 15.3 Å². The molecule has 1 atom stereocenters. The number of imidazole rings is 1. The molecule has 5 rings (SSSR count). The highest BCUT2D eigenvalue weighted by Gasteiger charge is 2.34. The van der Waals surface area contributed by atoms with Crippen molar-refractivity contribution in [2.75, 3.05) is 0 Å². The summed E-state index contributed by atoms with van der Waals surface area (Å²) in [4.78, 5) is 12.9. The van der Waals surface area contributed by atoms with Crippen molar-refractivity contribution in [1.82, 2.24) is 8.97 Å². The molecule has 2 aliphatic rings. The zero-order valence-electron chi connectivity index (χ0n) is 17.4. The van der Waals surface area contributed by atoms with E-state index in [1.165, 1.54) is 23.0 Å². The van der Waals surface area contributed by atoms with Crippen molar-refractivity contribution < 1.29 is 17.9 Å². The third-order valence-corrected chi connectivity index (χ3v) is 5.65. The van der Waals surface area contributed by atoms with Crippen molar-refractivity contribution in [2.24, 2.45) is 15.3 Å². The summed E-state index contributed by atoms with van der Waals surface area (Å²) in [7, 11) is 0. The molecule has 0 saturated heterocycles. The second-order valence-electron chi connectivity index (χ2n) is 7.73. The Hall–Kier alpha value is -3.82. The molecule has 33 heavy (non-hydrogen) atoms. The number of azo groups is 3. The van der Waals surface area contributed by atoms with Crippen molar-refractivity contribution in [1.29, 1.82) is 0 Å². The Bertz CT molecular complexity index is 1410. The second kappa shape index (κ2) is 7.95. The normalized spacial score (nSPS) is 17.1. The fourth-order valence-electron chi connectivity index (χ4n) is 3.97. The van der Waals surface area contributed by atoms with Gasteiger partial charge in [-0.3, -0.25) is 8.97 Å². The van der Waals surface area contributed by atoms with Crippen molar-refractivity contribution >= 4 is 5.52 Å². The van der Waals surface area contributed by atoms with E-state index in [0.717, 1.165) is 27.6 Å². The van der Waals surface area contributed by atoms with Gasteiger partial charge in [-0.15, -0.1) is 0 Å². The predicted octanol–water partition coefficient (Wildman–Crippen LogP) is 5.60. The van der Waals surface area contributed by atoms with E-state index in [0.29, 0.717) is 12.1 Å². The van der Waals surface area contributed by atoms with Gasteiger partial charge >= 0.3 is 11.9 Å². The van der Waals surface area contributed by atoms with Crippen molar-refractivity contribution in [3.63, 3.8) is 0 Å². The van der Waals surface area contributed by atoms with Crippen LogP contribution in [0.2, 0.25) is 0 Å². The minimum absolute atomic E-state index is 0.202. The summed E-state index contributed by atoms with van der Waals surface area (Å²) in [5.41, 5.74) is 0.594. The van der Waals surface area contributed by atoms with Gasteiger partial charge in [0.25, 0.3) is 0 Å². The molecule has 0 N–H and O–H groups in total. The fraction of sp³-hybridized carbons (Fsp3) is 0.174. The number of fused-ring (bicyclic) bond motifs is 1. The first-order valence-electron chi connectivity index (χ1n) is 10.2. The first kappa shape index (κ1) is 21.0. The van der Waals surface area contributed by atoms with Gasteiger partial charge in [-0.2, -0.15) is 23.4 Å². The van der Waals surface area contributed by atoms with Crippen LogP contribution in [0.1, 0.15) is 30.5 Å². The highest BCUT2D eigenvalue weighted by Crippen LogP contribution is 2.36. The first-order chi connectivity index (χ1) is 15.8. The molecule has 2 aromatic heterocycles. The molecule has 3 aromatic rings. The van der Waals surface area contributed by atoms with Crippen molar-refractivity contribution in [3.8, 4) is 5.69 Å². The van der Waals surface area contributed by atoms with E-state index in [4.69, 9.17) is 0 Å². The monoisotopic (exact) mass is 451 g/mol. The highest BCUT2D eigenvalue weighted by atomic mass is 19.4. The molecule has 10 heteroatoms. The number of hydrogen-bond donors (Lipinski definition) is 0. The first-order valence-corrected chi connectivity index (χ1v) is 10.2. The summed E-state index contributed by atoms with van der Waals surface area (Å²) in [6, 6.07) is 9.89. The maximum Gasteiger partial charge on any atom is 0.418 e. The molecule has 166 valence electrons. The Kier molecular flexibility index (Phi) is 5.07. The van der Waals surface area contributed by atoms with Gasteiger partial charge in [0.15, 0.2) is 12.7 Å². The minimum atomic E-state index is -4.57. The quantitative estimate of drug-likeness (QED) is 0.466. The number of nitrogens with zero attached hydrogens (tertiary/aromatic N) is 6. The van der Waals surface area contributed by atoms with Crippen LogP contribution in [-0.2, 0) is 6.18 Å². The molecular weight excluding hydrogens is 433 g/mol. The van der Waals surface area contributed by atoms with Crippen molar-refractivity contribution in [2.45, 2.75) is 25.6 Å².